The van der Waals surface area contributed by atoms with Crippen molar-refractivity contribution >= 4 is 17.7 Å². The molecule has 10 heteroatoms. The standard InChI is InChI=1S/C37H55N5O5/c1-4-29(26(2)3)21-34(43)32(20-28-13-9-6-10-14-28)40-37(46)33(23-31-24-38-25-39-31)41-36(45)30(19-27-11-7-5-8-12-27)22-35(44)42-15-17-47-18-16-42/h4-5,7-8,11-12,24-26,28-30,32-34,43H,1,6,9-10,13-23H2,2-3H3,(H,38,39)(H,40,46)(H,41,45)/t29-,30+,32-,33-,34-/m0/s1. The first-order valence-electron chi connectivity index (χ1n) is 17.5. The summed E-state index contributed by atoms with van der Waals surface area (Å²) in [5, 5.41) is 17.7. The van der Waals surface area contributed by atoms with Gasteiger partial charge >= 0.3 is 0 Å². The number of carbonyl (C=O) groups is 3. The second-order valence-corrected chi connectivity index (χ2v) is 13.7. The van der Waals surface area contributed by atoms with Crippen LogP contribution in [0.15, 0.2) is 55.5 Å². The van der Waals surface area contributed by atoms with E-state index < -0.39 is 24.1 Å². The van der Waals surface area contributed by atoms with Gasteiger partial charge in [0.05, 0.1) is 37.6 Å². The van der Waals surface area contributed by atoms with Gasteiger partial charge in [-0.25, -0.2) is 4.98 Å². The van der Waals surface area contributed by atoms with Gasteiger partial charge in [-0.15, -0.1) is 6.58 Å². The maximum Gasteiger partial charge on any atom is 0.243 e. The van der Waals surface area contributed by atoms with E-state index in [0.29, 0.717) is 63.1 Å². The molecule has 0 spiro atoms. The highest BCUT2D eigenvalue weighted by atomic mass is 16.5. The van der Waals surface area contributed by atoms with Crippen molar-refractivity contribution in [2.24, 2.45) is 23.7 Å². The molecule has 2 heterocycles. The second kappa shape index (κ2) is 18.7. The van der Waals surface area contributed by atoms with Gasteiger partial charge in [-0.05, 0) is 42.6 Å². The molecule has 47 heavy (non-hydrogen) atoms. The number of ether oxygens (including phenoxy) is 1. The number of carbonyl (C=O) groups excluding carboxylic acids is 3. The van der Waals surface area contributed by atoms with Crippen molar-refractivity contribution in [2.45, 2.75) is 96.2 Å². The Morgan fingerprint density at radius 1 is 1.06 bits per heavy atom. The van der Waals surface area contributed by atoms with Crippen molar-refractivity contribution in [3.63, 3.8) is 0 Å². The zero-order chi connectivity index (χ0) is 33.6. The number of imidazole rings is 1. The Hall–Kier alpha value is -3.50. The third-order valence-electron chi connectivity index (χ3n) is 9.87. The van der Waals surface area contributed by atoms with E-state index in [4.69, 9.17) is 4.74 Å². The van der Waals surface area contributed by atoms with Crippen LogP contribution in [0.2, 0.25) is 0 Å². The molecule has 1 saturated heterocycles. The largest absolute Gasteiger partial charge is 0.391 e. The summed E-state index contributed by atoms with van der Waals surface area (Å²) in [6.07, 6.45) is 11.8. The number of aromatic nitrogens is 2. The number of morpholine rings is 1. The van der Waals surface area contributed by atoms with Crippen LogP contribution in [0.1, 0.15) is 76.5 Å². The molecular weight excluding hydrogens is 594 g/mol. The van der Waals surface area contributed by atoms with Crippen LogP contribution >= 0.6 is 0 Å². The number of amides is 3. The van der Waals surface area contributed by atoms with Crippen molar-refractivity contribution in [1.82, 2.24) is 25.5 Å². The minimum Gasteiger partial charge on any atom is -0.391 e. The molecule has 3 amide bonds. The molecular formula is C37H55N5O5. The Kier molecular flexibility index (Phi) is 14.5. The number of hydrogen-bond donors (Lipinski definition) is 4. The van der Waals surface area contributed by atoms with Gasteiger partial charge in [0, 0.05) is 37.8 Å². The zero-order valence-electron chi connectivity index (χ0n) is 28.2. The normalized spacial score (nSPS) is 18.9. The van der Waals surface area contributed by atoms with Crippen LogP contribution in [-0.4, -0.2) is 82.2 Å². The number of rotatable bonds is 17. The van der Waals surface area contributed by atoms with Crippen LogP contribution < -0.4 is 10.6 Å². The highest BCUT2D eigenvalue weighted by Gasteiger charge is 2.33. The Labute approximate surface area is 280 Å². The van der Waals surface area contributed by atoms with E-state index in [9.17, 15) is 19.5 Å². The lowest BCUT2D eigenvalue weighted by Gasteiger charge is -2.33. The molecule has 1 aliphatic carbocycles. The zero-order valence-corrected chi connectivity index (χ0v) is 28.2. The molecule has 2 fully saturated rings. The van der Waals surface area contributed by atoms with E-state index in [0.717, 1.165) is 31.2 Å². The molecule has 1 aromatic heterocycles. The third-order valence-corrected chi connectivity index (χ3v) is 9.87. The maximum absolute atomic E-state index is 14.1. The van der Waals surface area contributed by atoms with Gasteiger partial charge < -0.3 is 30.4 Å². The first kappa shape index (κ1) is 36.3. The minimum absolute atomic E-state index is 0.0281. The average molecular weight is 650 g/mol. The van der Waals surface area contributed by atoms with Crippen LogP contribution in [0.4, 0.5) is 0 Å². The van der Waals surface area contributed by atoms with E-state index in [1.807, 2.05) is 36.4 Å². The number of nitrogens with zero attached hydrogens (tertiary/aromatic N) is 2. The highest BCUT2D eigenvalue weighted by Crippen LogP contribution is 2.30. The van der Waals surface area contributed by atoms with Crippen LogP contribution in [0.3, 0.4) is 0 Å². The van der Waals surface area contributed by atoms with Gasteiger partial charge in [-0.2, -0.15) is 0 Å². The molecule has 4 N–H and O–H groups in total. The molecule has 5 atom stereocenters. The fraction of sp³-hybridized carbons (Fsp3) is 0.622. The van der Waals surface area contributed by atoms with Crippen molar-refractivity contribution in [2.75, 3.05) is 26.3 Å². The summed E-state index contributed by atoms with van der Waals surface area (Å²) >= 11 is 0. The summed E-state index contributed by atoms with van der Waals surface area (Å²) in [7, 11) is 0. The first-order chi connectivity index (χ1) is 22.7. The molecule has 0 bridgehead atoms. The first-order valence-corrected chi connectivity index (χ1v) is 17.5. The number of aliphatic hydroxyl groups is 1. The molecule has 2 aliphatic rings. The molecule has 0 radical (unpaired) electrons. The number of benzene rings is 1. The van der Waals surface area contributed by atoms with Crippen LogP contribution in [0.25, 0.3) is 0 Å². The van der Waals surface area contributed by atoms with Gasteiger partial charge in [-0.1, -0.05) is 82.4 Å². The molecule has 1 saturated carbocycles. The smallest absolute Gasteiger partial charge is 0.243 e. The number of allylic oxidation sites excluding steroid dienone is 1. The van der Waals surface area contributed by atoms with Gasteiger partial charge in [0.15, 0.2) is 0 Å². The summed E-state index contributed by atoms with van der Waals surface area (Å²) < 4.78 is 5.41. The maximum atomic E-state index is 14.1. The predicted octanol–water partition coefficient (Wildman–Crippen LogP) is 4.21. The Morgan fingerprint density at radius 2 is 1.79 bits per heavy atom. The predicted molar refractivity (Wildman–Crippen MR) is 182 cm³/mol. The molecule has 1 aromatic carbocycles. The number of nitrogens with one attached hydrogen (secondary N) is 3. The second-order valence-electron chi connectivity index (χ2n) is 13.7. The SMILES string of the molecule is C=C[C@@H](C[C@H](O)[C@H](CC1CCCCC1)NC(=O)[C@H](Cc1cnc[nH]1)NC(=O)[C@@H](CC(=O)N1CCOCC1)Cc1ccccc1)C(C)C. The van der Waals surface area contributed by atoms with E-state index in [-0.39, 0.29) is 36.5 Å². The lowest BCUT2D eigenvalue weighted by atomic mass is 9.81. The number of aliphatic hydroxyl groups excluding tert-OH is 1. The molecule has 10 nitrogen and oxygen atoms in total. The fourth-order valence-corrected chi connectivity index (χ4v) is 6.89. The molecule has 258 valence electrons. The van der Waals surface area contributed by atoms with E-state index in [2.05, 4.69) is 41.0 Å². The van der Waals surface area contributed by atoms with Crippen LogP contribution in [0, 0.1) is 23.7 Å². The fourth-order valence-electron chi connectivity index (χ4n) is 6.89. The summed E-state index contributed by atoms with van der Waals surface area (Å²) in [4.78, 5) is 50.4. The monoisotopic (exact) mass is 649 g/mol. The summed E-state index contributed by atoms with van der Waals surface area (Å²) in [6.45, 7) is 10.2. The van der Waals surface area contributed by atoms with Crippen molar-refractivity contribution in [3.8, 4) is 0 Å². The van der Waals surface area contributed by atoms with Crippen molar-refractivity contribution in [1.29, 1.82) is 0 Å². The molecule has 4 rings (SSSR count). The third kappa shape index (κ3) is 11.6. The minimum atomic E-state index is -0.930. The van der Waals surface area contributed by atoms with E-state index >= 15 is 0 Å². The number of aromatic amines is 1. The average Bonchev–Trinajstić information content (AvgIpc) is 3.60. The van der Waals surface area contributed by atoms with Crippen molar-refractivity contribution in [3.05, 3.63) is 66.8 Å². The highest BCUT2D eigenvalue weighted by molar-refractivity contribution is 5.91. The van der Waals surface area contributed by atoms with E-state index in [1.165, 1.54) is 6.42 Å². The lowest BCUT2D eigenvalue weighted by Crippen LogP contribution is -2.55. The van der Waals surface area contributed by atoms with Crippen LogP contribution in [-0.2, 0) is 32.0 Å². The quantitative estimate of drug-likeness (QED) is 0.190. The Bertz CT molecular complexity index is 1240. The summed E-state index contributed by atoms with van der Waals surface area (Å²) in [5.74, 6) is -0.644. The Morgan fingerprint density at radius 3 is 2.43 bits per heavy atom. The lowest BCUT2D eigenvalue weighted by molar-refractivity contribution is -0.140. The Balaban J connectivity index is 1.53. The van der Waals surface area contributed by atoms with Gasteiger partial charge in [-0.3, -0.25) is 14.4 Å². The molecule has 0 unspecified atom stereocenters. The van der Waals surface area contributed by atoms with Crippen LogP contribution in [0.5, 0.6) is 0 Å². The molecule has 2 aromatic rings. The molecule has 1 aliphatic heterocycles. The summed E-state index contributed by atoms with van der Waals surface area (Å²) in [5.41, 5.74) is 1.64. The van der Waals surface area contributed by atoms with Gasteiger partial charge in [0.2, 0.25) is 17.7 Å². The number of hydrogen-bond acceptors (Lipinski definition) is 6. The summed E-state index contributed by atoms with van der Waals surface area (Å²) in [6, 6.07) is 8.24. The topological polar surface area (TPSA) is 137 Å². The van der Waals surface area contributed by atoms with Crippen molar-refractivity contribution < 1.29 is 24.2 Å². The van der Waals surface area contributed by atoms with Gasteiger partial charge in [0.1, 0.15) is 6.04 Å². The number of H-pyrrole nitrogens is 1. The van der Waals surface area contributed by atoms with E-state index in [1.54, 1.807) is 17.4 Å². The van der Waals surface area contributed by atoms with Gasteiger partial charge in [0.25, 0.3) is 0 Å².